The van der Waals surface area contributed by atoms with Crippen molar-refractivity contribution in [2.45, 2.75) is 18.7 Å². The molecule has 1 aliphatic rings. The summed E-state index contributed by atoms with van der Waals surface area (Å²) in [6.07, 6.45) is 0. The van der Waals surface area contributed by atoms with Gasteiger partial charge in [0.1, 0.15) is 0 Å². The van der Waals surface area contributed by atoms with Gasteiger partial charge in [-0.2, -0.15) is 12.8 Å². The highest BCUT2D eigenvalue weighted by atomic mass is 32.2. The Kier molecular flexibility index (Phi) is 1.96. The number of nitrogens with zero attached hydrogens (tertiary/aromatic N) is 1. The first-order valence-corrected chi connectivity index (χ1v) is 5.90. The van der Waals surface area contributed by atoms with Crippen molar-refractivity contribution in [1.82, 2.24) is 0 Å². The molecule has 0 atom stereocenters. The fourth-order valence-electron chi connectivity index (χ4n) is 1.55. The molecule has 74 valence electrons. The molecule has 0 spiro atoms. The third-order valence-corrected chi connectivity index (χ3v) is 3.56. The molecule has 14 heavy (non-hydrogen) atoms. The van der Waals surface area contributed by atoms with Crippen molar-refractivity contribution in [3.8, 4) is 0 Å². The molecule has 0 aliphatic carbocycles. The molecule has 0 amide bonds. The van der Waals surface area contributed by atoms with Crippen LogP contribution in [-0.2, 0) is 10.0 Å². The van der Waals surface area contributed by atoms with Gasteiger partial charge in [-0.3, -0.25) is 0 Å². The van der Waals surface area contributed by atoms with E-state index in [1.807, 2.05) is 19.9 Å². The Balaban J connectivity index is 2.73. The fourth-order valence-corrected chi connectivity index (χ4v) is 2.91. The second-order valence-electron chi connectivity index (χ2n) is 3.60. The molecule has 2 rings (SSSR count). The molecule has 0 unspecified atom stereocenters. The summed E-state index contributed by atoms with van der Waals surface area (Å²) in [6.45, 7) is 3.88. The van der Waals surface area contributed by atoms with Crippen LogP contribution in [0.3, 0.4) is 0 Å². The van der Waals surface area contributed by atoms with Crippen molar-refractivity contribution >= 4 is 15.7 Å². The lowest BCUT2D eigenvalue weighted by Gasteiger charge is -2.03. The maximum Gasteiger partial charge on any atom is 0.283 e. The van der Waals surface area contributed by atoms with E-state index < -0.39 is 10.0 Å². The minimum atomic E-state index is -3.41. The Bertz CT molecular complexity index is 501. The van der Waals surface area contributed by atoms with Gasteiger partial charge in [0, 0.05) is 5.56 Å². The molecule has 1 heterocycles. The van der Waals surface area contributed by atoms with E-state index in [9.17, 15) is 8.42 Å². The zero-order valence-electron chi connectivity index (χ0n) is 8.06. The van der Waals surface area contributed by atoms with Crippen LogP contribution in [0.25, 0.3) is 0 Å². The van der Waals surface area contributed by atoms with E-state index >= 15 is 0 Å². The van der Waals surface area contributed by atoms with Gasteiger partial charge in [-0.05, 0) is 12.0 Å². The lowest BCUT2D eigenvalue weighted by atomic mass is 10.0. The van der Waals surface area contributed by atoms with Crippen molar-refractivity contribution in [1.29, 1.82) is 0 Å². The molecule has 1 aliphatic heterocycles. The maximum atomic E-state index is 11.6. The summed E-state index contributed by atoms with van der Waals surface area (Å²) < 4.78 is 26.9. The summed E-state index contributed by atoms with van der Waals surface area (Å²) in [7, 11) is -3.41. The molecule has 0 saturated heterocycles. The van der Waals surface area contributed by atoms with Crippen LogP contribution in [0.1, 0.15) is 19.4 Å². The van der Waals surface area contributed by atoms with E-state index in [0.29, 0.717) is 10.6 Å². The van der Waals surface area contributed by atoms with E-state index in [-0.39, 0.29) is 5.92 Å². The number of hydrogen-bond donors (Lipinski definition) is 0. The van der Waals surface area contributed by atoms with E-state index in [1.54, 1.807) is 18.2 Å². The summed E-state index contributed by atoms with van der Waals surface area (Å²) in [5.74, 6) is 0.133. The van der Waals surface area contributed by atoms with Crippen molar-refractivity contribution in [2.75, 3.05) is 0 Å². The van der Waals surface area contributed by atoms with Crippen LogP contribution < -0.4 is 0 Å². The van der Waals surface area contributed by atoms with Crippen molar-refractivity contribution in [3.05, 3.63) is 29.8 Å². The maximum absolute atomic E-state index is 11.6. The summed E-state index contributed by atoms with van der Waals surface area (Å²) in [5.41, 5.74) is 1.42. The van der Waals surface area contributed by atoms with E-state index in [0.717, 1.165) is 5.56 Å². The van der Waals surface area contributed by atoms with E-state index in [2.05, 4.69) is 4.40 Å². The molecule has 0 saturated carbocycles. The molecule has 3 nitrogen and oxygen atoms in total. The van der Waals surface area contributed by atoms with Crippen LogP contribution in [-0.4, -0.2) is 14.1 Å². The molecular weight excluding hydrogens is 198 g/mol. The highest BCUT2D eigenvalue weighted by Crippen LogP contribution is 2.28. The highest BCUT2D eigenvalue weighted by Gasteiger charge is 2.29. The van der Waals surface area contributed by atoms with E-state index in [4.69, 9.17) is 0 Å². The topological polar surface area (TPSA) is 46.5 Å². The fraction of sp³-hybridized carbons (Fsp3) is 0.300. The molecule has 0 bridgehead atoms. The Hall–Kier alpha value is -1.16. The highest BCUT2D eigenvalue weighted by molar-refractivity contribution is 7.90. The molecular formula is C10H11NO2S. The number of hydrogen-bond acceptors (Lipinski definition) is 2. The predicted molar refractivity (Wildman–Crippen MR) is 55.0 cm³/mol. The molecule has 0 aromatic heterocycles. The minimum Gasteiger partial charge on any atom is -0.199 e. The van der Waals surface area contributed by atoms with Crippen LogP contribution in [0.4, 0.5) is 0 Å². The quantitative estimate of drug-likeness (QED) is 0.708. The van der Waals surface area contributed by atoms with E-state index in [1.165, 1.54) is 0 Å². The van der Waals surface area contributed by atoms with Crippen LogP contribution in [0.15, 0.2) is 33.6 Å². The first-order chi connectivity index (χ1) is 6.52. The van der Waals surface area contributed by atoms with Gasteiger partial charge in [0.05, 0.1) is 10.6 Å². The van der Waals surface area contributed by atoms with Crippen LogP contribution in [0.5, 0.6) is 0 Å². The minimum absolute atomic E-state index is 0.133. The van der Waals surface area contributed by atoms with Crippen LogP contribution in [0.2, 0.25) is 0 Å². The Morgan fingerprint density at radius 2 is 1.86 bits per heavy atom. The summed E-state index contributed by atoms with van der Waals surface area (Å²) >= 11 is 0. The monoisotopic (exact) mass is 209 g/mol. The van der Waals surface area contributed by atoms with Crippen molar-refractivity contribution < 1.29 is 8.42 Å². The van der Waals surface area contributed by atoms with Gasteiger partial charge in [-0.1, -0.05) is 32.0 Å². The average molecular weight is 209 g/mol. The second kappa shape index (κ2) is 2.92. The summed E-state index contributed by atoms with van der Waals surface area (Å²) in [5, 5.41) is 0. The lowest BCUT2D eigenvalue weighted by molar-refractivity contribution is 0.599. The van der Waals surface area contributed by atoms with Crippen molar-refractivity contribution in [2.24, 2.45) is 10.3 Å². The van der Waals surface area contributed by atoms with Crippen molar-refractivity contribution in [3.63, 3.8) is 0 Å². The Labute approximate surface area is 83.5 Å². The predicted octanol–water partition coefficient (Wildman–Crippen LogP) is 1.83. The zero-order valence-corrected chi connectivity index (χ0v) is 8.88. The van der Waals surface area contributed by atoms with Gasteiger partial charge in [0.25, 0.3) is 10.0 Å². The number of fused-ring (bicyclic) bond motifs is 1. The number of sulfonamides is 1. The Morgan fingerprint density at radius 3 is 2.50 bits per heavy atom. The second-order valence-corrected chi connectivity index (χ2v) is 5.17. The molecule has 1 aromatic rings. The zero-order chi connectivity index (χ0) is 10.3. The molecule has 1 aromatic carbocycles. The number of rotatable bonds is 1. The van der Waals surface area contributed by atoms with Gasteiger partial charge in [0.2, 0.25) is 0 Å². The standard InChI is InChI=1S/C10H11NO2S/c1-7(2)10-8-5-3-4-6-9(8)14(12,13)11-10/h3-7H,1-2H3. The van der Waals surface area contributed by atoms with Gasteiger partial charge in [-0.25, -0.2) is 0 Å². The normalized spacial score (nSPS) is 18.1. The molecule has 0 N–H and O–H groups in total. The Morgan fingerprint density at radius 1 is 1.21 bits per heavy atom. The molecule has 4 heteroatoms. The average Bonchev–Trinajstić information content (AvgIpc) is 2.40. The SMILES string of the molecule is CC(C)C1=NS(=O)(=O)c2ccccc21. The van der Waals surface area contributed by atoms with Gasteiger partial charge < -0.3 is 0 Å². The summed E-state index contributed by atoms with van der Waals surface area (Å²) in [6, 6.07) is 6.95. The molecule has 0 radical (unpaired) electrons. The smallest absolute Gasteiger partial charge is 0.199 e. The van der Waals surface area contributed by atoms with Gasteiger partial charge in [0.15, 0.2) is 0 Å². The van der Waals surface area contributed by atoms with Gasteiger partial charge >= 0.3 is 0 Å². The molecule has 0 fully saturated rings. The number of benzene rings is 1. The third kappa shape index (κ3) is 1.26. The third-order valence-electron chi connectivity index (χ3n) is 2.21. The lowest BCUT2D eigenvalue weighted by Crippen LogP contribution is -2.06. The van der Waals surface area contributed by atoms with Crippen LogP contribution in [0, 0.1) is 5.92 Å². The first-order valence-electron chi connectivity index (χ1n) is 4.46. The summed E-state index contributed by atoms with van der Waals surface area (Å²) in [4.78, 5) is 0.337. The first kappa shape index (κ1) is 9.40. The van der Waals surface area contributed by atoms with Gasteiger partial charge in [-0.15, -0.1) is 0 Å². The largest absolute Gasteiger partial charge is 0.283 e. The van der Waals surface area contributed by atoms with Crippen LogP contribution >= 0.6 is 0 Å².